The van der Waals surface area contributed by atoms with Crippen molar-refractivity contribution in [3.8, 4) is 0 Å². The molecular formula is C11H22N2O. The average Bonchev–Trinajstić information content (AvgIpc) is 2.82. The molecule has 3 nitrogen and oxygen atoms in total. The lowest BCUT2D eigenvalue weighted by atomic mass is 10.2. The minimum Gasteiger partial charge on any atom is -0.347 e. The van der Waals surface area contributed by atoms with Gasteiger partial charge in [-0.1, -0.05) is 13.3 Å². The van der Waals surface area contributed by atoms with E-state index in [4.69, 9.17) is 0 Å². The van der Waals surface area contributed by atoms with Crippen molar-refractivity contribution in [3.63, 3.8) is 0 Å². The standard InChI is InChI=1S/C11H22N2O/c1-5-6-9-7-10(9)12-8(2)11(14)13(3)4/h8-10,12H,5-7H2,1-4H3. The number of carbonyl (C=O) groups excluding carboxylic acids is 1. The van der Waals surface area contributed by atoms with E-state index in [-0.39, 0.29) is 11.9 Å². The van der Waals surface area contributed by atoms with E-state index in [1.165, 1.54) is 19.3 Å². The molecule has 1 N–H and O–H groups in total. The Labute approximate surface area is 86.9 Å². The van der Waals surface area contributed by atoms with Gasteiger partial charge in [0.25, 0.3) is 0 Å². The zero-order valence-corrected chi connectivity index (χ0v) is 9.71. The molecule has 3 heteroatoms. The van der Waals surface area contributed by atoms with Crippen molar-refractivity contribution in [1.29, 1.82) is 0 Å². The highest BCUT2D eigenvalue weighted by molar-refractivity contribution is 5.80. The molecule has 0 radical (unpaired) electrons. The van der Waals surface area contributed by atoms with Crippen molar-refractivity contribution in [2.24, 2.45) is 5.92 Å². The van der Waals surface area contributed by atoms with Crippen molar-refractivity contribution in [2.45, 2.75) is 45.2 Å². The SMILES string of the molecule is CCCC1CC1NC(C)C(=O)N(C)C. The van der Waals surface area contributed by atoms with E-state index in [0.29, 0.717) is 6.04 Å². The molecule has 1 aliphatic rings. The molecule has 1 aliphatic carbocycles. The Hall–Kier alpha value is -0.570. The summed E-state index contributed by atoms with van der Waals surface area (Å²) in [5, 5.41) is 3.38. The second-order valence-electron chi connectivity index (χ2n) is 4.51. The fourth-order valence-electron chi connectivity index (χ4n) is 1.92. The summed E-state index contributed by atoms with van der Waals surface area (Å²) in [6, 6.07) is 0.561. The number of nitrogens with zero attached hydrogens (tertiary/aromatic N) is 1. The van der Waals surface area contributed by atoms with Gasteiger partial charge in [-0.3, -0.25) is 4.79 Å². The van der Waals surface area contributed by atoms with Crippen molar-refractivity contribution in [3.05, 3.63) is 0 Å². The van der Waals surface area contributed by atoms with E-state index in [1.807, 2.05) is 6.92 Å². The maximum atomic E-state index is 11.5. The average molecular weight is 198 g/mol. The van der Waals surface area contributed by atoms with Crippen LogP contribution in [0.3, 0.4) is 0 Å². The van der Waals surface area contributed by atoms with Crippen LogP contribution in [-0.2, 0) is 4.79 Å². The molecule has 1 amide bonds. The summed E-state index contributed by atoms with van der Waals surface area (Å²) in [6.45, 7) is 4.16. The van der Waals surface area contributed by atoms with Gasteiger partial charge in [-0.25, -0.2) is 0 Å². The van der Waals surface area contributed by atoms with E-state index >= 15 is 0 Å². The number of hydrogen-bond acceptors (Lipinski definition) is 2. The van der Waals surface area contributed by atoms with Crippen LogP contribution >= 0.6 is 0 Å². The lowest BCUT2D eigenvalue weighted by Gasteiger charge is -2.18. The van der Waals surface area contributed by atoms with Crippen molar-refractivity contribution in [1.82, 2.24) is 10.2 Å². The van der Waals surface area contributed by atoms with E-state index in [2.05, 4.69) is 12.2 Å². The van der Waals surface area contributed by atoms with E-state index in [0.717, 1.165) is 5.92 Å². The molecular weight excluding hydrogens is 176 g/mol. The summed E-state index contributed by atoms with van der Waals surface area (Å²) in [6.07, 6.45) is 3.79. The molecule has 3 unspecified atom stereocenters. The van der Waals surface area contributed by atoms with Gasteiger partial charge in [-0.05, 0) is 25.7 Å². The van der Waals surface area contributed by atoms with Crippen LogP contribution in [0.15, 0.2) is 0 Å². The third-order valence-corrected chi connectivity index (χ3v) is 2.86. The molecule has 3 atom stereocenters. The van der Waals surface area contributed by atoms with Gasteiger partial charge in [0, 0.05) is 20.1 Å². The molecule has 0 bridgehead atoms. The van der Waals surface area contributed by atoms with Crippen LogP contribution in [0.4, 0.5) is 0 Å². The molecule has 1 saturated carbocycles. The maximum Gasteiger partial charge on any atom is 0.238 e. The second kappa shape index (κ2) is 4.78. The van der Waals surface area contributed by atoms with Crippen LogP contribution < -0.4 is 5.32 Å². The van der Waals surface area contributed by atoms with Gasteiger partial charge in [-0.15, -0.1) is 0 Å². The quantitative estimate of drug-likeness (QED) is 0.721. The third-order valence-electron chi connectivity index (χ3n) is 2.86. The summed E-state index contributed by atoms with van der Waals surface area (Å²) in [4.78, 5) is 13.2. The van der Waals surface area contributed by atoms with E-state index in [1.54, 1.807) is 19.0 Å². The van der Waals surface area contributed by atoms with Gasteiger partial charge in [0.05, 0.1) is 6.04 Å². The smallest absolute Gasteiger partial charge is 0.238 e. The number of amides is 1. The van der Waals surface area contributed by atoms with Gasteiger partial charge in [-0.2, -0.15) is 0 Å². The van der Waals surface area contributed by atoms with Gasteiger partial charge in [0.1, 0.15) is 0 Å². The number of carbonyl (C=O) groups is 1. The third kappa shape index (κ3) is 2.98. The van der Waals surface area contributed by atoms with Gasteiger partial charge in [0.15, 0.2) is 0 Å². The zero-order chi connectivity index (χ0) is 10.7. The molecule has 14 heavy (non-hydrogen) atoms. The molecule has 1 rings (SSSR count). The van der Waals surface area contributed by atoms with Crippen LogP contribution in [0.25, 0.3) is 0 Å². The van der Waals surface area contributed by atoms with Crippen LogP contribution in [0.1, 0.15) is 33.1 Å². The van der Waals surface area contributed by atoms with Crippen LogP contribution in [-0.4, -0.2) is 37.0 Å². The summed E-state index contributed by atoms with van der Waals surface area (Å²) in [5.74, 6) is 0.990. The fourth-order valence-corrected chi connectivity index (χ4v) is 1.92. The number of nitrogens with one attached hydrogen (secondary N) is 1. The first-order valence-electron chi connectivity index (χ1n) is 5.53. The highest BCUT2D eigenvalue weighted by atomic mass is 16.2. The number of likely N-dealkylation sites (N-methyl/N-ethyl adjacent to an activating group) is 1. The van der Waals surface area contributed by atoms with Gasteiger partial charge in [0.2, 0.25) is 5.91 Å². The predicted molar refractivity (Wildman–Crippen MR) is 58.1 cm³/mol. The highest BCUT2D eigenvalue weighted by Gasteiger charge is 2.37. The Morgan fingerprint density at radius 2 is 2.21 bits per heavy atom. The van der Waals surface area contributed by atoms with Gasteiger partial charge >= 0.3 is 0 Å². The van der Waals surface area contributed by atoms with Crippen LogP contribution in [0.5, 0.6) is 0 Å². The fraction of sp³-hybridized carbons (Fsp3) is 0.909. The first-order valence-corrected chi connectivity index (χ1v) is 5.53. The van der Waals surface area contributed by atoms with Crippen molar-refractivity contribution in [2.75, 3.05) is 14.1 Å². The molecule has 0 aliphatic heterocycles. The maximum absolute atomic E-state index is 11.5. The summed E-state index contributed by atoms with van der Waals surface area (Å²) >= 11 is 0. The van der Waals surface area contributed by atoms with Crippen LogP contribution in [0, 0.1) is 5.92 Å². The summed E-state index contributed by atoms with van der Waals surface area (Å²) in [7, 11) is 3.61. The first-order chi connectivity index (χ1) is 6.56. The van der Waals surface area contributed by atoms with Gasteiger partial charge < -0.3 is 10.2 Å². The lowest BCUT2D eigenvalue weighted by Crippen LogP contribution is -2.42. The van der Waals surface area contributed by atoms with Crippen molar-refractivity contribution < 1.29 is 4.79 Å². The molecule has 0 heterocycles. The monoisotopic (exact) mass is 198 g/mol. The Balaban J connectivity index is 2.22. The molecule has 0 spiro atoms. The normalized spacial score (nSPS) is 27.1. The van der Waals surface area contributed by atoms with Crippen molar-refractivity contribution >= 4 is 5.91 Å². The lowest BCUT2D eigenvalue weighted by molar-refractivity contribution is -0.130. The zero-order valence-electron chi connectivity index (χ0n) is 9.71. The number of hydrogen-bond donors (Lipinski definition) is 1. The minimum absolute atomic E-state index is 0.0307. The Morgan fingerprint density at radius 1 is 1.57 bits per heavy atom. The molecule has 0 aromatic rings. The number of rotatable bonds is 5. The topological polar surface area (TPSA) is 32.3 Å². The largest absolute Gasteiger partial charge is 0.347 e. The predicted octanol–water partition coefficient (Wildman–Crippen LogP) is 1.24. The molecule has 0 aromatic carbocycles. The minimum atomic E-state index is -0.0307. The molecule has 1 fully saturated rings. The Morgan fingerprint density at radius 3 is 2.71 bits per heavy atom. The van der Waals surface area contributed by atoms with Crippen LogP contribution in [0.2, 0.25) is 0 Å². The molecule has 0 saturated heterocycles. The highest BCUT2D eigenvalue weighted by Crippen LogP contribution is 2.34. The Bertz CT molecular complexity index is 203. The summed E-state index contributed by atoms with van der Waals surface area (Å²) < 4.78 is 0. The molecule has 82 valence electrons. The van der Waals surface area contributed by atoms with E-state index in [9.17, 15) is 4.79 Å². The summed E-state index contributed by atoms with van der Waals surface area (Å²) in [5.41, 5.74) is 0. The first kappa shape index (κ1) is 11.5. The second-order valence-corrected chi connectivity index (χ2v) is 4.51. The Kier molecular flexibility index (Phi) is 3.93. The van der Waals surface area contributed by atoms with E-state index < -0.39 is 0 Å². The molecule has 0 aromatic heterocycles.